The highest BCUT2D eigenvalue weighted by molar-refractivity contribution is 8.01. The molecule has 63 heavy (non-hydrogen) atoms. The molecule has 2 unspecified atom stereocenters. The Hall–Kier alpha value is -5.41. The number of carbonyl (C=O) groups excluding carboxylic acids is 6. The van der Waals surface area contributed by atoms with Crippen molar-refractivity contribution in [2.75, 3.05) is 26.2 Å². The van der Waals surface area contributed by atoms with Crippen LogP contribution in [0.1, 0.15) is 46.6 Å². The van der Waals surface area contributed by atoms with Gasteiger partial charge in [0.15, 0.2) is 0 Å². The normalized spacial score (nSPS) is 14.7. The smallest absolute Gasteiger partial charge is 0.445 e. The van der Waals surface area contributed by atoms with Crippen molar-refractivity contribution in [1.29, 1.82) is 0 Å². The molecule has 2 aromatic carbocycles. The van der Waals surface area contributed by atoms with Crippen LogP contribution in [0.5, 0.6) is 5.75 Å². The van der Waals surface area contributed by atoms with Gasteiger partial charge in [-0.15, -0.1) is 11.4 Å². The van der Waals surface area contributed by atoms with E-state index < -0.39 is 98.2 Å². The Morgan fingerprint density at radius 3 is 2.16 bits per heavy atom. The van der Waals surface area contributed by atoms with E-state index in [0.29, 0.717) is 5.47 Å². The quantitative estimate of drug-likeness (QED) is 0.0617. The Morgan fingerprint density at radius 1 is 0.905 bits per heavy atom. The third kappa shape index (κ3) is 16.7. The molecule has 2 aromatic rings. The minimum atomic E-state index is -1.30. The summed E-state index contributed by atoms with van der Waals surface area (Å²) in [7, 11) is 30.4. The number of nitrogens with zero attached hydrogens (tertiary/aromatic N) is 2. The van der Waals surface area contributed by atoms with Crippen LogP contribution < -0.4 is 26.0 Å². The minimum absolute atomic E-state index is 0.000736. The van der Waals surface area contributed by atoms with Crippen LogP contribution in [0.2, 0.25) is 0 Å². The summed E-state index contributed by atoms with van der Waals surface area (Å²) in [6.45, 7) is 6.51. The molecule has 2 aliphatic heterocycles. The average Bonchev–Trinajstić information content (AvgIpc) is 3.96. The van der Waals surface area contributed by atoms with Gasteiger partial charge in [0.05, 0.1) is 5.54 Å². The zero-order valence-electron chi connectivity index (χ0n) is 36.2. The predicted molar refractivity (Wildman–Crippen MR) is 249 cm³/mol. The maximum absolute atomic E-state index is 14.5. The average molecular weight is 843 g/mol. The fourth-order valence-corrected chi connectivity index (χ4v) is 6.52. The number of amides is 6. The molecule has 4 N–H and O–H groups in total. The Labute approximate surface area is 377 Å². The molecule has 4 rings (SSSR count). The molecule has 16 nitrogen and oxygen atoms in total. The number of para-hydroxylation sites is 1. The van der Waals surface area contributed by atoms with Gasteiger partial charge < -0.3 is 39.8 Å². The molecular formula is C37H46B10N6O10. The molecule has 314 valence electrons. The molecule has 0 saturated carbocycles. The summed E-state index contributed by atoms with van der Waals surface area (Å²) in [6, 6.07) is 15.2. The van der Waals surface area contributed by atoms with Crippen molar-refractivity contribution in [2.24, 2.45) is 0 Å². The second-order valence-electron chi connectivity index (χ2n) is 16.7. The van der Waals surface area contributed by atoms with Gasteiger partial charge in [-0.2, -0.15) is 0 Å². The Balaban J connectivity index is 1.56. The summed E-state index contributed by atoms with van der Waals surface area (Å²) in [5.74, 6) is 0.666. The molecule has 26 heteroatoms. The first kappa shape index (κ1) is 50.2. The fourth-order valence-electron chi connectivity index (χ4n) is 6.52. The Morgan fingerprint density at radius 2 is 1.56 bits per heavy atom. The third-order valence-corrected chi connectivity index (χ3v) is 9.66. The van der Waals surface area contributed by atoms with Crippen LogP contribution in [0.15, 0.2) is 84.4 Å². The maximum atomic E-state index is 14.5. The molecule has 2 heterocycles. The standard InChI is InChI=1S/C37H46B10N6O10/c1-36(2,3)63-33(57)48-17-19-53(30(54)22-52-18-16-29(49-32(52)56)50-34(58)60-23-25-12-8-6-9-13-25)28(20-26-21-43(26)47(45(40)41)46(42)44(38)39)31(55)51-37(4,5)24-61-35(59)62-27-14-10-7-11-15-27/h6-16,18,21,28-29H,17,19-20,22-24H2,1-5H3,(H,48,57)(H,49,56)(H,50,58)(H,51,55). The van der Waals surface area contributed by atoms with E-state index in [0.717, 1.165) is 10.5 Å². The molecule has 10 radical (unpaired) electrons. The van der Waals surface area contributed by atoms with Crippen molar-refractivity contribution in [2.45, 2.75) is 71.0 Å². The number of rotatable bonds is 20. The number of nitrogens with one attached hydrogen (secondary N) is 4. The molecule has 0 saturated heterocycles. The first-order valence-corrected chi connectivity index (χ1v) is 20.3. The van der Waals surface area contributed by atoms with Crippen LogP contribution in [-0.2, 0) is 30.4 Å². The Kier molecular flexibility index (Phi) is 18.2. The van der Waals surface area contributed by atoms with E-state index in [9.17, 15) is 28.8 Å². The lowest BCUT2D eigenvalue weighted by Crippen LogP contribution is -2.64. The molecule has 0 aromatic heterocycles. The SMILES string of the molecule is [B]B([B])B([B])B(B([B])[B])B1C=C1CC(C(=O)NC(C)(C)COC(=O)Oc1ccccc1)N(CCNC(=O)OC(C)(C)C)C(=O)CN1C=CC(NC(=O)OCc2ccccc2)NC1=O. The van der Waals surface area contributed by atoms with Crippen molar-refractivity contribution in [1.82, 2.24) is 31.1 Å². The van der Waals surface area contributed by atoms with Crippen LogP contribution in [0.25, 0.3) is 0 Å². The highest BCUT2D eigenvalue weighted by Gasteiger charge is 2.46. The van der Waals surface area contributed by atoms with Gasteiger partial charge in [-0.05, 0) is 64.8 Å². The van der Waals surface area contributed by atoms with E-state index in [4.69, 9.17) is 57.6 Å². The summed E-state index contributed by atoms with van der Waals surface area (Å²) in [5.41, 5.74) is -0.622. The number of urea groups is 1. The number of benzene rings is 2. The van der Waals surface area contributed by atoms with Gasteiger partial charge in [0.2, 0.25) is 11.8 Å². The maximum Gasteiger partial charge on any atom is 0.513 e. The topological polar surface area (TPSA) is 194 Å². The van der Waals surface area contributed by atoms with Crippen molar-refractivity contribution < 1.29 is 47.7 Å². The third-order valence-electron chi connectivity index (χ3n) is 9.66. The van der Waals surface area contributed by atoms with E-state index >= 15 is 0 Å². The fraction of sp³-hybridized carbons (Fsp3) is 0.405. The van der Waals surface area contributed by atoms with Gasteiger partial charge in [0.1, 0.15) is 49.9 Å². The summed E-state index contributed by atoms with van der Waals surface area (Å²) >= 11 is 0. The van der Waals surface area contributed by atoms with Gasteiger partial charge in [-0.25, -0.2) is 19.2 Å². The highest BCUT2D eigenvalue weighted by Crippen LogP contribution is 2.29. The van der Waals surface area contributed by atoms with Crippen LogP contribution in [0, 0.1) is 0 Å². The van der Waals surface area contributed by atoms with Gasteiger partial charge in [-0.1, -0.05) is 48.5 Å². The van der Waals surface area contributed by atoms with Crippen molar-refractivity contribution in [3.05, 3.63) is 90.0 Å². The van der Waals surface area contributed by atoms with Gasteiger partial charge in [-0.3, -0.25) is 19.8 Å². The number of hydrogen-bond acceptors (Lipinski definition) is 10. The molecule has 0 bridgehead atoms. The summed E-state index contributed by atoms with van der Waals surface area (Å²) < 4.78 is 21.2. The minimum Gasteiger partial charge on any atom is -0.445 e. The number of hydrogen-bond donors (Lipinski definition) is 4. The highest BCUT2D eigenvalue weighted by atomic mass is 16.7. The van der Waals surface area contributed by atoms with Crippen LogP contribution in [0.3, 0.4) is 0 Å². The molecule has 0 fully saturated rings. The lowest BCUT2D eigenvalue weighted by atomic mass is 8.57. The van der Waals surface area contributed by atoms with Gasteiger partial charge in [0, 0.05) is 83.5 Å². The summed E-state index contributed by atoms with van der Waals surface area (Å²) in [6.07, 6.45) is -4.24. The molecule has 0 spiro atoms. The summed E-state index contributed by atoms with van der Waals surface area (Å²) in [4.78, 5) is 82.2. The first-order valence-electron chi connectivity index (χ1n) is 20.3. The van der Waals surface area contributed by atoms with Crippen molar-refractivity contribution in [3.63, 3.8) is 0 Å². The lowest BCUT2D eigenvalue weighted by molar-refractivity contribution is -0.141. The summed E-state index contributed by atoms with van der Waals surface area (Å²) in [5, 5.41) is 10.6. The first-order chi connectivity index (χ1) is 29.6. The molecule has 6 amide bonds. The van der Waals surface area contributed by atoms with Crippen LogP contribution in [-0.4, -0.2) is 166 Å². The second-order valence-corrected chi connectivity index (χ2v) is 16.7. The number of carbonyl (C=O) groups is 6. The van der Waals surface area contributed by atoms with Crippen LogP contribution >= 0.6 is 0 Å². The zero-order valence-corrected chi connectivity index (χ0v) is 36.2. The van der Waals surface area contributed by atoms with Crippen molar-refractivity contribution >= 4 is 107 Å². The van der Waals surface area contributed by atoms with Crippen molar-refractivity contribution in [3.8, 4) is 5.75 Å². The largest absolute Gasteiger partial charge is 0.513 e. The van der Waals surface area contributed by atoms with E-state index in [1.807, 2.05) is 6.07 Å². The van der Waals surface area contributed by atoms with E-state index in [-0.39, 0.29) is 38.5 Å². The molecule has 2 aliphatic rings. The monoisotopic (exact) mass is 844 g/mol. The lowest BCUT2D eigenvalue weighted by Gasteiger charge is -2.36. The van der Waals surface area contributed by atoms with Crippen LogP contribution in [0.4, 0.5) is 19.2 Å². The van der Waals surface area contributed by atoms with E-state index in [1.54, 1.807) is 95.2 Å². The molecule has 0 aliphatic carbocycles. The van der Waals surface area contributed by atoms with Gasteiger partial charge >= 0.3 is 24.4 Å². The number of alkyl carbamates (subject to hydrolysis) is 2. The molecule has 2 atom stereocenters. The molecular weight excluding hydrogens is 797 g/mol. The number of ether oxygens (including phenoxy) is 4. The predicted octanol–water partition coefficient (Wildman–Crippen LogP) is 0.132. The van der Waals surface area contributed by atoms with Gasteiger partial charge in [0.25, 0.3) is 0 Å². The Bertz CT molecular complexity index is 1980. The van der Waals surface area contributed by atoms with E-state index in [2.05, 4.69) is 21.3 Å². The second kappa shape index (κ2) is 22.8. The van der Waals surface area contributed by atoms with E-state index in [1.165, 1.54) is 17.2 Å². The zero-order chi connectivity index (χ0) is 46.5.